The van der Waals surface area contributed by atoms with Crippen LogP contribution in [0.1, 0.15) is 54.4 Å². The second-order valence-electron chi connectivity index (χ2n) is 14.1. The van der Waals surface area contributed by atoms with Gasteiger partial charge < -0.3 is 29.1 Å². The summed E-state index contributed by atoms with van der Waals surface area (Å²) in [5.74, 6) is -0.165. The smallest absolute Gasteiger partial charge is 0.387 e. The van der Waals surface area contributed by atoms with Gasteiger partial charge in [-0.1, -0.05) is 30.3 Å². The Morgan fingerprint density at radius 2 is 1.55 bits per heavy atom. The Balaban J connectivity index is 1.09. The van der Waals surface area contributed by atoms with Crippen LogP contribution in [0.2, 0.25) is 0 Å². The second-order valence-corrected chi connectivity index (χ2v) is 14.1. The average molecular weight is 723 g/mol. The van der Waals surface area contributed by atoms with Crippen molar-refractivity contribution in [3.63, 3.8) is 0 Å². The number of likely N-dealkylation sites (tertiary alicyclic amines) is 1. The van der Waals surface area contributed by atoms with Crippen LogP contribution in [0.25, 0.3) is 56.2 Å². The fourth-order valence-electron chi connectivity index (χ4n) is 7.90. The Morgan fingerprint density at radius 3 is 2.19 bits per heavy atom. The normalized spacial score (nSPS) is 19.2. The zero-order valence-electron chi connectivity index (χ0n) is 29.4. The lowest BCUT2D eigenvalue weighted by Gasteiger charge is -2.22. The number of ether oxygens (including phenoxy) is 1. The molecule has 10 nitrogen and oxygen atoms in total. The number of rotatable bonds is 11. The maximum atomic E-state index is 13.5. The minimum atomic E-state index is -3.06. The Morgan fingerprint density at radius 1 is 0.887 bits per heavy atom. The number of hydrogen-bond donors (Lipinski definition) is 3. The molecule has 12 heteroatoms. The van der Waals surface area contributed by atoms with Crippen LogP contribution in [-0.2, 0) is 17.9 Å². The number of aliphatic carboxylic acids is 1. The maximum Gasteiger partial charge on any atom is 0.387 e. The zero-order valence-corrected chi connectivity index (χ0v) is 29.4. The molecule has 6 aromatic rings. The number of aromatic nitrogens is 2. The number of carboxylic acids is 1. The molecule has 2 fully saturated rings. The molecule has 274 valence electrons. The highest BCUT2D eigenvalue weighted by Gasteiger charge is 2.32. The quantitative estimate of drug-likeness (QED) is 0.120. The van der Waals surface area contributed by atoms with Gasteiger partial charge in [0, 0.05) is 41.9 Å². The predicted octanol–water partition coefficient (Wildman–Crippen LogP) is 8.24. The van der Waals surface area contributed by atoms with Crippen LogP contribution in [0.5, 0.6) is 5.75 Å². The van der Waals surface area contributed by atoms with Gasteiger partial charge in [-0.2, -0.15) is 8.78 Å². The van der Waals surface area contributed by atoms with Crippen molar-refractivity contribution in [3.05, 3.63) is 89.0 Å². The molecule has 0 spiro atoms. The number of carbonyl (C=O) groups is 1. The summed E-state index contributed by atoms with van der Waals surface area (Å²) >= 11 is 0. The highest BCUT2D eigenvalue weighted by molar-refractivity contribution is 5.85. The first kappa shape index (κ1) is 34.9. The minimum Gasteiger partial charge on any atom is -0.480 e. The van der Waals surface area contributed by atoms with Gasteiger partial charge in [0.15, 0.2) is 11.2 Å². The molecule has 3 atom stereocenters. The van der Waals surface area contributed by atoms with Crippen molar-refractivity contribution in [3.8, 4) is 39.8 Å². The lowest BCUT2D eigenvalue weighted by molar-refractivity contribution is -0.142. The summed E-state index contributed by atoms with van der Waals surface area (Å²) in [5.41, 5.74) is 9.10. The lowest BCUT2D eigenvalue weighted by atomic mass is 9.91. The third kappa shape index (κ3) is 6.90. The van der Waals surface area contributed by atoms with Gasteiger partial charge in [-0.15, -0.1) is 0 Å². The number of nitrogens with one attached hydrogen (secondary N) is 1. The summed E-state index contributed by atoms with van der Waals surface area (Å²) in [6.45, 7) is 2.27. The van der Waals surface area contributed by atoms with E-state index in [0.717, 1.165) is 63.7 Å². The van der Waals surface area contributed by atoms with Crippen LogP contribution >= 0.6 is 0 Å². The number of fused-ring (bicyclic) bond motifs is 2. The first-order valence-corrected chi connectivity index (χ1v) is 18.0. The summed E-state index contributed by atoms with van der Waals surface area (Å²) in [4.78, 5) is 23.2. The molecule has 53 heavy (non-hydrogen) atoms. The molecular formula is C41H40F2N4O6. The van der Waals surface area contributed by atoms with E-state index in [9.17, 15) is 23.8 Å². The number of carboxylic acid groups (broad SMARTS) is 1. The third-order valence-electron chi connectivity index (χ3n) is 10.7. The van der Waals surface area contributed by atoms with Crippen molar-refractivity contribution in [1.82, 2.24) is 20.2 Å². The maximum absolute atomic E-state index is 13.5. The number of oxazole rings is 2. The van der Waals surface area contributed by atoms with Crippen molar-refractivity contribution in [2.45, 2.75) is 83.8 Å². The van der Waals surface area contributed by atoms with E-state index in [1.807, 2.05) is 68.4 Å². The van der Waals surface area contributed by atoms with Gasteiger partial charge in [-0.05, 0) is 111 Å². The summed E-state index contributed by atoms with van der Waals surface area (Å²) < 4.78 is 44.2. The summed E-state index contributed by atoms with van der Waals surface area (Å²) in [5, 5.41) is 23.3. The SMILES string of the molecule is Cc1c(-c2nc3cc(CN[C@@H]4CCC[C@@H]4O)ccc3o2)cccc1-c1cccc(-c2nc3cc(CN4CCC[C@H]4C(=O)O)c(OC(F)F)cc3o2)c1C. The number of aliphatic hydroxyl groups excluding tert-OH is 1. The lowest BCUT2D eigenvalue weighted by Crippen LogP contribution is -2.35. The van der Waals surface area contributed by atoms with Crippen molar-refractivity contribution in [2.24, 2.45) is 0 Å². The average Bonchev–Trinajstić information content (AvgIpc) is 3.94. The van der Waals surface area contributed by atoms with Crippen LogP contribution < -0.4 is 10.1 Å². The van der Waals surface area contributed by atoms with Gasteiger partial charge in [0.1, 0.15) is 22.8 Å². The van der Waals surface area contributed by atoms with Gasteiger partial charge in [0.2, 0.25) is 11.8 Å². The van der Waals surface area contributed by atoms with E-state index in [1.165, 1.54) is 6.07 Å². The highest BCUT2D eigenvalue weighted by Crippen LogP contribution is 2.39. The number of hydrogen-bond acceptors (Lipinski definition) is 9. The minimum absolute atomic E-state index is 0.0693. The van der Waals surface area contributed by atoms with Crippen molar-refractivity contribution in [1.29, 1.82) is 0 Å². The van der Waals surface area contributed by atoms with E-state index in [4.69, 9.17) is 23.5 Å². The number of nitrogens with zero attached hydrogens (tertiary/aromatic N) is 3. The zero-order chi connectivity index (χ0) is 36.8. The molecule has 0 amide bonds. The van der Waals surface area contributed by atoms with Gasteiger partial charge >= 0.3 is 12.6 Å². The highest BCUT2D eigenvalue weighted by atomic mass is 19.3. The molecule has 2 aliphatic rings. The molecule has 3 N–H and O–H groups in total. The molecule has 0 unspecified atom stereocenters. The molecule has 3 heterocycles. The van der Waals surface area contributed by atoms with Crippen LogP contribution in [0.4, 0.5) is 8.78 Å². The van der Waals surface area contributed by atoms with Gasteiger partial charge in [-0.25, -0.2) is 9.97 Å². The molecule has 0 bridgehead atoms. The Hall–Kier alpha value is -5.17. The fourth-order valence-corrected chi connectivity index (χ4v) is 7.90. The van der Waals surface area contributed by atoms with Crippen LogP contribution in [0.15, 0.2) is 75.6 Å². The first-order valence-electron chi connectivity index (χ1n) is 18.0. The molecular weight excluding hydrogens is 682 g/mol. The van der Waals surface area contributed by atoms with Crippen molar-refractivity contribution < 1.29 is 37.4 Å². The van der Waals surface area contributed by atoms with E-state index in [-0.39, 0.29) is 30.0 Å². The summed E-state index contributed by atoms with van der Waals surface area (Å²) in [6.07, 6.45) is 3.74. The number of alkyl halides is 2. The fraction of sp³-hybridized carbons (Fsp3) is 0.341. The largest absolute Gasteiger partial charge is 0.480 e. The van der Waals surface area contributed by atoms with E-state index in [0.29, 0.717) is 54.4 Å². The molecule has 2 aromatic heterocycles. The predicted molar refractivity (Wildman–Crippen MR) is 196 cm³/mol. The third-order valence-corrected chi connectivity index (χ3v) is 10.7. The first-order chi connectivity index (χ1) is 25.6. The molecule has 1 saturated carbocycles. The number of halogens is 2. The van der Waals surface area contributed by atoms with Gasteiger partial charge in [-0.3, -0.25) is 9.69 Å². The summed E-state index contributed by atoms with van der Waals surface area (Å²) in [6, 6.07) is 20.3. The summed E-state index contributed by atoms with van der Waals surface area (Å²) in [7, 11) is 0. The topological polar surface area (TPSA) is 134 Å². The second kappa shape index (κ2) is 14.3. The van der Waals surface area contributed by atoms with Gasteiger partial charge in [0.25, 0.3) is 0 Å². The van der Waals surface area contributed by atoms with E-state index >= 15 is 0 Å². The van der Waals surface area contributed by atoms with Crippen LogP contribution in [-0.4, -0.2) is 62.4 Å². The molecule has 8 rings (SSSR count). The standard InChI is InChI=1S/C41H40F2N4O6/c1-22-26(7-3-9-28(22)38-45-31-17-24(14-15-35(31)51-38)20-44-30-11-5-13-34(30)48)27-8-4-10-29(23(27)2)39-46-32-18-25(21-47-16-6-12-33(47)40(49)50)36(53-41(42)43)19-37(32)52-39/h3-4,7-10,14-15,17-19,30,33-34,41,44,48H,5-6,11-13,16,20-21H2,1-2H3,(H,49,50)/t30-,33+,34+/m1/s1. The van der Waals surface area contributed by atoms with Crippen molar-refractivity contribution >= 4 is 28.2 Å². The monoisotopic (exact) mass is 722 g/mol. The van der Waals surface area contributed by atoms with E-state index in [2.05, 4.69) is 5.32 Å². The van der Waals surface area contributed by atoms with Crippen molar-refractivity contribution in [2.75, 3.05) is 6.54 Å². The molecule has 1 aliphatic heterocycles. The van der Waals surface area contributed by atoms with E-state index in [1.54, 1.807) is 11.0 Å². The number of aliphatic hydroxyl groups is 1. The van der Waals surface area contributed by atoms with Crippen LogP contribution in [0.3, 0.4) is 0 Å². The molecule has 1 aliphatic carbocycles. The number of benzene rings is 4. The molecule has 0 radical (unpaired) electrons. The van der Waals surface area contributed by atoms with Gasteiger partial charge in [0.05, 0.1) is 6.10 Å². The molecule has 1 saturated heterocycles. The Labute approximate surface area is 304 Å². The molecule has 4 aromatic carbocycles. The van der Waals surface area contributed by atoms with Crippen LogP contribution in [0, 0.1) is 13.8 Å². The van der Waals surface area contributed by atoms with E-state index < -0.39 is 18.6 Å². The Kier molecular flexibility index (Phi) is 9.44. The Bertz CT molecular complexity index is 2320.